The lowest BCUT2D eigenvalue weighted by atomic mass is 10.1. The second-order valence-electron chi connectivity index (χ2n) is 6.71. The van der Waals surface area contributed by atoms with Gasteiger partial charge in [-0.15, -0.1) is 11.3 Å². The van der Waals surface area contributed by atoms with E-state index in [-0.39, 0.29) is 0 Å². The summed E-state index contributed by atoms with van der Waals surface area (Å²) in [6.45, 7) is 10.8. The average Bonchev–Trinajstić information content (AvgIpc) is 3.04. The Balaban J connectivity index is 1.64. The van der Waals surface area contributed by atoms with Gasteiger partial charge in [-0.3, -0.25) is 4.90 Å². The molecule has 2 unspecified atom stereocenters. The molecule has 1 N–H and O–H groups in total. The SMILES string of the molecule is Cc1sc(CNC(C)C)cc1CN1CCOC2CCCC21. The molecule has 1 aromatic rings. The van der Waals surface area contributed by atoms with E-state index in [1.165, 1.54) is 34.6 Å². The average molecular weight is 308 g/mol. The van der Waals surface area contributed by atoms with Gasteiger partial charge in [0.25, 0.3) is 0 Å². The van der Waals surface area contributed by atoms with Crippen LogP contribution in [0.25, 0.3) is 0 Å². The highest BCUT2D eigenvalue weighted by atomic mass is 32.1. The van der Waals surface area contributed by atoms with Gasteiger partial charge in [-0.1, -0.05) is 13.8 Å². The Kier molecular flexibility index (Phi) is 4.99. The highest BCUT2D eigenvalue weighted by molar-refractivity contribution is 7.12. The molecular weight excluding hydrogens is 280 g/mol. The molecule has 1 saturated heterocycles. The topological polar surface area (TPSA) is 24.5 Å². The van der Waals surface area contributed by atoms with Crippen LogP contribution in [0.3, 0.4) is 0 Å². The van der Waals surface area contributed by atoms with Crippen molar-refractivity contribution in [3.05, 3.63) is 21.4 Å². The number of morpholine rings is 1. The molecule has 0 spiro atoms. The number of rotatable bonds is 5. The summed E-state index contributed by atoms with van der Waals surface area (Å²) in [5.41, 5.74) is 1.52. The van der Waals surface area contributed by atoms with Crippen LogP contribution in [-0.2, 0) is 17.8 Å². The monoisotopic (exact) mass is 308 g/mol. The van der Waals surface area contributed by atoms with E-state index in [0.29, 0.717) is 18.2 Å². The summed E-state index contributed by atoms with van der Waals surface area (Å²) in [7, 11) is 0. The smallest absolute Gasteiger partial charge is 0.0731 e. The zero-order valence-electron chi connectivity index (χ0n) is 13.5. The van der Waals surface area contributed by atoms with E-state index in [0.717, 1.165) is 26.2 Å². The molecule has 0 aromatic carbocycles. The summed E-state index contributed by atoms with van der Waals surface area (Å²) < 4.78 is 5.92. The minimum atomic E-state index is 0.500. The lowest BCUT2D eigenvalue weighted by molar-refractivity contribution is -0.0588. The summed E-state index contributed by atoms with van der Waals surface area (Å²) in [6.07, 6.45) is 4.40. The number of nitrogens with zero attached hydrogens (tertiary/aromatic N) is 1. The zero-order chi connectivity index (χ0) is 14.8. The lowest BCUT2D eigenvalue weighted by Gasteiger charge is -2.37. The molecule has 118 valence electrons. The van der Waals surface area contributed by atoms with Crippen LogP contribution in [0.15, 0.2) is 6.07 Å². The van der Waals surface area contributed by atoms with Crippen LogP contribution < -0.4 is 5.32 Å². The summed E-state index contributed by atoms with van der Waals surface area (Å²) >= 11 is 1.95. The minimum Gasteiger partial charge on any atom is -0.375 e. The van der Waals surface area contributed by atoms with Gasteiger partial charge >= 0.3 is 0 Å². The predicted molar refractivity (Wildman–Crippen MR) is 88.8 cm³/mol. The van der Waals surface area contributed by atoms with Crippen LogP contribution in [0.2, 0.25) is 0 Å². The molecule has 21 heavy (non-hydrogen) atoms. The van der Waals surface area contributed by atoms with Crippen molar-refractivity contribution >= 4 is 11.3 Å². The fourth-order valence-electron chi connectivity index (χ4n) is 3.56. The maximum Gasteiger partial charge on any atom is 0.0731 e. The number of thiophene rings is 1. The number of fused-ring (bicyclic) bond motifs is 1. The molecule has 2 atom stereocenters. The minimum absolute atomic E-state index is 0.500. The third-order valence-electron chi connectivity index (χ3n) is 4.73. The number of hydrogen-bond donors (Lipinski definition) is 1. The Morgan fingerprint density at radius 1 is 1.43 bits per heavy atom. The molecule has 2 aliphatic rings. The molecule has 0 radical (unpaired) electrons. The molecule has 4 heteroatoms. The molecule has 3 nitrogen and oxygen atoms in total. The first-order chi connectivity index (χ1) is 10.1. The van der Waals surface area contributed by atoms with Crippen LogP contribution >= 0.6 is 11.3 Å². The van der Waals surface area contributed by atoms with Crippen molar-refractivity contribution in [3.63, 3.8) is 0 Å². The van der Waals surface area contributed by atoms with E-state index in [9.17, 15) is 0 Å². The highest BCUT2D eigenvalue weighted by Gasteiger charge is 2.36. The molecule has 1 aliphatic carbocycles. The highest BCUT2D eigenvalue weighted by Crippen LogP contribution is 2.32. The first-order valence-corrected chi connectivity index (χ1v) is 9.12. The number of aryl methyl sites for hydroxylation is 1. The van der Waals surface area contributed by atoms with Crippen LogP contribution in [0, 0.1) is 6.92 Å². The molecule has 1 aliphatic heterocycles. The Bertz CT molecular complexity index is 471. The molecule has 1 aromatic heterocycles. The van der Waals surface area contributed by atoms with Crippen molar-refractivity contribution < 1.29 is 4.74 Å². The van der Waals surface area contributed by atoms with Crippen LogP contribution in [-0.4, -0.2) is 36.2 Å². The van der Waals surface area contributed by atoms with Gasteiger partial charge in [0.1, 0.15) is 0 Å². The fraction of sp³-hybridized carbons (Fsp3) is 0.765. The largest absolute Gasteiger partial charge is 0.375 e. The van der Waals surface area contributed by atoms with Gasteiger partial charge in [0.2, 0.25) is 0 Å². The first kappa shape index (κ1) is 15.5. The van der Waals surface area contributed by atoms with Gasteiger partial charge in [-0.25, -0.2) is 0 Å². The summed E-state index contributed by atoms with van der Waals surface area (Å²) in [6, 6.07) is 3.62. The fourth-order valence-corrected chi connectivity index (χ4v) is 4.56. The zero-order valence-corrected chi connectivity index (χ0v) is 14.3. The number of nitrogens with one attached hydrogen (secondary N) is 1. The molecule has 0 bridgehead atoms. The normalized spacial score (nSPS) is 26.5. The maximum atomic E-state index is 5.92. The Labute approximate surface area is 132 Å². The molecule has 1 saturated carbocycles. The molecule has 2 heterocycles. The summed E-state index contributed by atoms with van der Waals surface area (Å²) in [5, 5.41) is 3.52. The van der Waals surface area contributed by atoms with Gasteiger partial charge in [0, 0.05) is 41.5 Å². The van der Waals surface area contributed by atoms with Crippen molar-refractivity contribution in [3.8, 4) is 0 Å². The standard InChI is InChI=1S/C17H28N2OS/c1-12(2)18-10-15-9-14(13(3)21-15)11-19-7-8-20-17-6-4-5-16(17)19/h9,12,16-18H,4-8,10-11H2,1-3H3. The van der Waals surface area contributed by atoms with Crippen molar-refractivity contribution in [1.29, 1.82) is 0 Å². The van der Waals surface area contributed by atoms with Gasteiger partial charge in [-0.2, -0.15) is 0 Å². The van der Waals surface area contributed by atoms with E-state index in [1.54, 1.807) is 0 Å². The van der Waals surface area contributed by atoms with Crippen molar-refractivity contribution in [1.82, 2.24) is 10.2 Å². The van der Waals surface area contributed by atoms with Crippen molar-refractivity contribution in [2.24, 2.45) is 0 Å². The Morgan fingerprint density at radius 3 is 3.10 bits per heavy atom. The molecular formula is C17H28N2OS. The predicted octanol–water partition coefficient (Wildman–Crippen LogP) is 3.31. The van der Waals surface area contributed by atoms with Gasteiger partial charge in [0.15, 0.2) is 0 Å². The number of ether oxygens (including phenoxy) is 1. The van der Waals surface area contributed by atoms with Gasteiger partial charge < -0.3 is 10.1 Å². The molecule has 3 rings (SSSR count). The van der Waals surface area contributed by atoms with Crippen molar-refractivity contribution in [2.75, 3.05) is 13.2 Å². The van der Waals surface area contributed by atoms with Crippen molar-refractivity contribution in [2.45, 2.75) is 71.3 Å². The summed E-state index contributed by atoms with van der Waals surface area (Å²) in [4.78, 5) is 5.61. The third-order valence-corrected chi connectivity index (χ3v) is 5.82. The second kappa shape index (κ2) is 6.78. The van der Waals surface area contributed by atoms with Gasteiger partial charge in [-0.05, 0) is 37.8 Å². The van der Waals surface area contributed by atoms with Crippen LogP contribution in [0.1, 0.15) is 48.4 Å². The third kappa shape index (κ3) is 3.67. The molecule has 0 amide bonds. The lowest BCUT2D eigenvalue weighted by Crippen LogP contribution is -2.47. The van der Waals surface area contributed by atoms with Gasteiger partial charge in [0.05, 0.1) is 12.7 Å². The van der Waals surface area contributed by atoms with E-state index >= 15 is 0 Å². The Morgan fingerprint density at radius 2 is 2.29 bits per heavy atom. The first-order valence-electron chi connectivity index (χ1n) is 8.30. The summed E-state index contributed by atoms with van der Waals surface area (Å²) in [5.74, 6) is 0. The maximum absolute atomic E-state index is 5.92. The number of hydrogen-bond acceptors (Lipinski definition) is 4. The van der Waals surface area contributed by atoms with E-state index in [4.69, 9.17) is 4.74 Å². The van der Waals surface area contributed by atoms with E-state index < -0.39 is 0 Å². The Hall–Kier alpha value is -0.420. The van der Waals surface area contributed by atoms with E-state index in [2.05, 4.69) is 37.1 Å². The van der Waals surface area contributed by atoms with Crippen LogP contribution in [0.4, 0.5) is 0 Å². The van der Waals surface area contributed by atoms with E-state index in [1.807, 2.05) is 11.3 Å². The second-order valence-corrected chi connectivity index (χ2v) is 8.05. The van der Waals surface area contributed by atoms with Crippen LogP contribution in [0.5, 0.6) is 0 Å². The molecule has 2 fully saturated rings. The quantitative estimate of drug-likeness (QED) is 0.903.